The van der Waals surface area contributed by atoms with Crippen LogP contribution in [0.3, 0.4) is 0 Å². The summed E-state index contributed by atoms with van der Waals surface area (Å²) < 4.78 is 37.6. The lowest BCUT2D eigenvalue weighted by atomic mass is 10.1. The molecule has 0 N–H and O–H groups in total. The van der Waals surface area contributed by atoms with Crippen molar-refractivity contribution in [3.8, 4) is 11.3 Å². The van der Waals surface area contributed by atoms with E-state index in [1.807, 2.05) is 24.3 Å². The van der Waals surface area contributed by atoms with Crippen molar-refractivity contribution in [3.05, 3.63) is 72.1 Å². The Labute approximate surface area is 141 Å². The largest absolute Gasteiger partial charge is 0.416 e. The van der Waals surface area contributed by atoms with Crippen LogP contribution < -0.4 is 0 Å². The monoisotopic (exact) mass is 347 g/mol. The smallest absolute Gasteiger partial charge is 0.265 e. The molecule has 122 valence electrons. The zero-order valence-corrected chi connectivity index (χ0v) is 13.2. The highest BCUT2D eigenvalue weighted by Gasteiger charge is 2.29. The van der Waals surface area contributed by atoms with Gasteiger partial charge in [-0.1, -0.05) is 23.9 Å². The van der Waals surface area contributed by atoms with Crippen LogP contribution in [0.5, 0.6) is 0 Å². The Bertz CT molecular complexity index is 788. The molecule has 0 radical (unpaired) electrons. The van der Waals surface area contributed by atoms with E-state index in [1.165, 1.54) is 23.9 Å². The first-order valence-electron chi connectivity index (χ1n) is 7.05. The molecular formula is C17H12F3N3S. The summed E-state index contributed by atoms with van der Waals surface area (Å²) in [4.78, 5) is 3.95. The van der Waals surface area contributed by atoms with Gasteiger partial charge < -0.3 is 0 Å². The Balaban J connectivity index is 1.63. The first kappa shape index (κ1) is 16.4. The Kier molecular flexibility index (Phi) is 4.80. The van der Waals surface area contributed by atoms with E-state index in [0.717, 1.165) is 29.0 Å². The van der Waals surface area contributed by atoms with Crippen LogP contribution in [0.1, 0.15) is 11.1 Å². The molecule has 0 saturated carbocycles. The molecule has 0 aliphatic carbocycles. The number of aromatic nitrogens is 3. The molecule has 0 atom stereocenters. The van der Waals surface area contributed by atoms with Crippen LogP contribution in [-0.4, -0.2) is 15.2 Å². The second kappa shape index (κ2) is 7.00. The van der Waals surface area contributed by atoms with Crippen molar-refractivity contribution in [2.75, 3.05) is 0 Å². The van der Waals surface area contributed by atoms with Crippen molar-refractivity contribution in [3.63, 3.8) is 0 Å². The lowest BCUT2D eigenvalue weighted by Gasteiger charge is -2.07. The number of nitrogens with zero attached hydrogens (tertiary/aromatic N) is 3. The van der Waals surface area contributed by atoms with Gasteiger partial charge in [0.25, 0.3) is 0 Å². The van der Waals surface area contributed by atoms with Gasteiger partial charge >= 0.3 is 6.18 Å². The number of thioether (sulfide) groups is 1. The van der Waals surface area contributed by atoms with E-state index in [-0.39, 0.29) is 0 Å². The minimum Gasteiger partial charge on any atom is -0.265 e. The molecule has 0 fully saturated rings. The SMILES string of the molecule is FC(F)(F)c1ccc(CSc2ccc(-c3ccncc3)nn2)cc1. The summed E-state index contributed by atoms with van der Waals surface area (Å²) in [6.07, 6.45) is -0.936. The number of pyridine rings is 1. The summed E-state index contributed by atoms with van der Waals surface area (Å²) in [6.45, 7) is 0. The highest BCUT2D eigenvalue weighted by molar-refractivity contribution is 7.98. The molecule has 0 aliphatic rings. The van der Waals surface area contributed by atoms with Gasteiger partial charge in [0.1, 0.15) is 5.03 Å². The van der Waals surface area contributed by atoms with Gasteiger partial charge in [0.05, 0.1) is 11.3 Å². The standard InChI is InChI=1S/C17H12F3N3S/c18-17(19,20)14-3-1-12(2-4-14)11-24-16-6-5-15(22-23-16)13-7-9-21-10-8-13/h1-10H,11H2. The minimum atomic E-state index is -4.31. The third-order valence-corrected chi connectivity index (χ3v) is 4.28. The van der Waals surface area contributed by atoms with Gasteiger partial charge in [-0.25, -0.2) is 0 Å². The number of benzene rings is 1. The number of halogens is 3. The van der Waals surface area contributed by atoms with Crippen LogP contribution >= 0.6 is 11.8 Å². The van der Waals surface area contributed by atoms with Crippen molar-refractivity contribution >= 4 is 11.8 Å². The van der Waals surface area contributed by atoms with Gasteiger partial charge in [-0.05, 0) is 42.0 Å². The summed E-state index contributed by atoms with van der Waals surface area (Å²) in [5.74, 6) is 0.529. The molecule has 0 amide bonds. The Morgan fingerprint density at radius 1 is 0.833 bits per heavy atom. The van der Waals surface area contributed by atoms with Crippen LogP contribution in [0.25, 0.3) is 11.3 Å². The number of hydrogen-bond acceptors (Lipinski definition) is 4. The third-order valence-electron chi connectivity index (χ3n) is 3.28. The van der Waals surface area contributed by atoms with Crippen LogP contribution in [0.2, 0.25) is 0 Å². The average Bonchev–Trinajstić information content (AvgIpc) is 2.61. The fourth-order valence-electron chi connectivity index (χ4n) is 2.02. The topological polar surface area (TPSA) is 38.7 Å². The lowest BCUT2D eigenvalue weighted by molar-refractivity contribution is -0.137. The normalized spacial score (nSPS) is 11.5. The minimum absolute atomic E-state index is 0.529. The van der Waals surface area contributed by atoms with Gasteiger partial charge in [-0.3, -0.25) is 4.98 Å². The second-order valence-corrected chi connectivity index (χ2v) is 5.97. The first-order chi connectivity index (χ1) is 11.5. The van der Waals surface area contributed by atoms with Crippen LogP contribution in [0.4, 0.5) is 13.2 Å². The molecule has 7 heteroatoms. The van der Waals surface area contributed by atoms with Gasteiger partial charge in [-0.2, -0.15) is 13.2 Å². The van der Waals surface area contributed by atoms with E-state index in [9.17, 15) is 13.2 Å². The van der Waals surface area contributed by atoms with Gasteiger partial charge in [-0.15, -0.1) is 10.2 Å². The quantitative estimate of drug-likeness (QED) is 0.633. The summed E-state index contributed by atoms with van der Waals surface area (Å²) in [5.41, 5.74) is 1.83. The molecule has 1 aromatic carbocycles. The van der Waals surface area contributed by atoms with Crippen molar-refractivity contribution in [2.24, 2.45) is 0 Å². The molecule has 0 saturated heterocycles. The maximum Gasteiger partial charge on any atom is 0.416 e. The predicted octanol–water partition coefficient (Wildman–Crippen LogP) is 4.85. The van der Waals surface area contributed by atoms with Crippen molar-refractivity contribution in [1.29, 1.82) is 0 Å². The van der Waals surface area contributed by atoms with Crippen molar-refractivity contribution < 1.29 is 13.2 Å². The fraction of sp³-hybridized carbons (Fsp3) is 0.118. The van der Waals surface area contributed by atoms with Gasteiger partial charge in [0, 0.05) is 23.7 Å². The third kappa shape index (κ3) is 4.11. The lowest BCUT2D eigenvalue weighted by Crippen LogP contribution is -2.04. The van der Waals surface area contributed by atoms with Crippen LogP contribution in [-0.2, 0) is 11.9 Å². The summed E-state index contributed by atoms with van der Waals surface area (Å²) >= 11 is 1.42. The molecular weight excluding hydrogens is 335 g/mol. The van der Waals surface area contributed by atoms with Crippen molar-refractivity contribution in [1.82, 2.24) is 15.2 Å². The Morgan fingerprint density at radius 3 is 2.12 bits per heavy atom. The van der Waals surface area contributed by atoms with Gasteiger partial charge in [0.2, 0.25) is 0 Å². The zero-order valence-electron chi connectivity index (χ0n) is 12.4. The molecule has 2 heterocycles. The second-order valence-electron chi connectivity index (χ2n) is 4.98. The van der Waals surface area contributed by atoms with E-state index in [2.05, 4.69) is 15.2 Å². The fourth-order valence-corrected chi connectivity index (χ4v) is 2.79. The first-order valence-corrected chi connectivity index (χ1v) is 8.04. The Morgan fingerprint density at radius 2 is 1.54 bits per heavy atom. The molecule has 24 heavy (non-hydrogen) atoms. The molecule has 3 nitrogen and oxygen atoms in total. The predicted molar refractivity (Wildman–Crippen MR) is 86.3 cm³/mol. The van der Waals surface area contributed by atoms with Crippen LogP contribution in [0.15, 0.2) is 66.0 Å². The van der Waals surface area contributed by atoms with Gasteiger partial charge in [0.15, 0.2) is 0 Å². The number of hydrogen-bond donors (Lipinski definition) is 0. The maximum atomic E-state index is 12.5. The molecule has 2 aromatic heterocycles. The molecule has 3 rings (SSSR count). The maximum absolute atomic E-state index is 12.5. The Hall–Kier alpha value is -2.41. The van der Waals surface area contributed by atoms with E-state index >= 15 is 0 Å². The number of rotatable bonds is 4. The van der Waals surface area contributed by atoms with E-state index in [0.29, 0.717) is 10.8 Å². The van der Waals surface area contributed by atoms with E-state index in [1.54, 1.807) is 12.4 Å². The molecule has 3 aromatic rings. The number of alkyl halides is 3. The highest BCUT2D eigenvalue weighted by atomic mass is 32.2. The molecule has 0 spiro atoms. The molecule has 0 aliphatic heterocycles. The van der Waals surface area contributed by atoms with Crippen molar-refractivity contribution in [2.45, 2.75) is 17.0 Å². The van der Waals surface area contributed by atoms with E-state index in [4.69, 9.17) is 0 Å². The average molecular weight is 347 g/mol. The van der Waals surface area contributed by atoms with Crippen LogP contribution in [0, 0.1) is 0 Å². The molecule has 0 bridgehead atoms. The highest BCUT2D eigenvalue weighted by Crippen LogP contribution is 2.30. The summed E-state index contributed by atoms with van der Waals surface area (Å²) in [5, 5.41) is 9.02. The summed E-state index contributed by atoms with van der Waals surface area (Å²) in [6, 6.07) is 12.5. The van der Waals surface area contributed by atoms with E-state index < -0.39 is 11.7 Å². The zero-order chi connectivity index (χ0) is 17.0. The molecule has 0 unspecified atom stereocenters. The summed E-state index contributed by atoms with van der Waals surface area (Å²) in [7, 11) is 0.